The maximum Gasteiger partial charge on any atom is 0.673 e. The fourth-order valence-corrected chi connectivity index (χ4v) is 10.0. The molecule has 1 aliphatic heterocycles. The van der Waals surface area contributed by atoms with E-state index < -0.39 is 14.5 Å². The van der Waals surface area contributed by atoms with Crippen LogP contribution in [0.15, 0.2) is 127 Å². The standard InChI is InChI=1S/C32H21F3P.BF4/c33-24-11-16-27(17-12-24)36(28-18-13-25(34)14-19-28)30-20-15-26(35)21-29(30)31(22-7-3-1-4-8-22)32(36)23-9-5-2-6-10-23;2-1(3,4)5/h1-21H;/q+1;-1. The number of hydrogen-bond acceptors (Lipinski definition) is 0. The molecule has 1 aliphatic rings. The Labute approximate surface area is 233 Å². The Hall–Kier alpha value is -4.16. The van der Waals surface area contributed by atoms with Gasteiger partial charge < -0.3 is 17.3 Å². The van der Waals surface area contributed by atoms with Crippen LogP contribution in [0.2, 0.25) is 0 Å². The highest BCUT2D eigenvalue weighted by Crippen LogP contribution is 2.73. The zero-order chi connectivity index (χ0) is 29.2. The summed E-state index contributed by atoms with van der Waals surface area (Å²) in [7, 11) is -8.68. The minimum absolute atomic E-state index is 0.326. The fraction of sp³-hybridized carbons (Fsp3) is 0. The fourth-order valence-electron chi connectivity index (χ4n) is 5.26. The molecule has 0 aliphatic carbocycles. The van der Waals surface area contributed by atoms with Crippen molar-refractivity contribution in [3.8, 4) is 0 Å². The number of hydrogen-bond donors (Lipinski definition) is 0. The first-order chi connectivity index (χ1) is 19.6. The summed E-state index contributed by atoms with van der Waals surface area (Å²) in [5.74, 6) is -0.987. The molecule has 0 N–H and O–H groups in total. The van der Waals surface area contributed by atoms with Gasteiger partial charge in [0.1, 0.15) is 45.9 Å². The molecule has 0 saturated carbocycles. The van der Waals surface area contributed by atoms with Crippen LogP contribution in [0.5, 0.6) is 0 Å². The van der Waals surface area contributed by atoms with E-state index >= 15 is 0 Å². The molecule has 0 fully saturated rings. The molecule has 0 unspecified atom stereocenters. The Bertz CT molecular complexity index is 1630. The van der Waals surface area contributed by atoms with Gasteiger partial charge in [-0.3, -0.25) is 0 Å². The Morgan fingerprint density at radius 2 is 0.878 bits per heavy atom. The van der Waals surface area contributed by atoms with E-state index in [2.05, 4.69) is 12.1 Å². The van der Waals surface area contributed by atoms with Gasteiger partial charge in [0.05, 0.1) is 0 Å². The molecule has 0 amide bonds. The predicted octanol–water partition coefficient (Wildman–Crippen LogP) is 8.63. The van der Waals surface area contributed by atoms with Crippen LogP contribution in [-0.2, 0) is 0 Å². The largest absolute Gasteiger partial charge is 0.673 e. The summed E-state index contributed by atoms with van der Waals surface area (Å²) in [6, 6.07) is 38.1. The van der Waals surface area contributed by atoms with Gasteiger partial charge >= 0.3 is 7.25 Å². The monoisotopic (exact) mass is 580 g/mol. The van der Waals surface area contributed by atoms with E-state index in [-0.39, 0.29) is 17.5 Å². The zero-order valence-electron chi connectivity index (χ0n) is 21.3. The van der Waals surface area contributed by atoms with E-state index in [1.165, 1.54) is 30.3 Å². The van der Waals surface area contributed by atoms with Crippen LogP contribution < -0.4 is 15.9 Å². The average molecular weight is 580 g/mol. The minimum Gasteiger partial charge on any atom is -0.418 e. The van der Waals surface area contributed by atoms with Gasteiger partial charge in [-0.1, -0.05) is 60.7 Å². The molecule has 0 spiro atoms. The van der Waals surface area contributed by atoms with Gasteiger partial charge in [0.15, 0.2) is 0 Å². The van der Waals surface area contributed by atoms with Gasteiger partial charge in [-0.25, -0.2) is 13.2 Å². The summed E-state index contributed by atoms with van der Waals surface area (Å²) in [5, 5.41) is 3.87. The van der Waals surface area contributed by atoms with Crippen LogP contribution in [0.1, 0.15) is 16.7 Å². The van der Waals surface area contributed by atoms with Crippen molar-refractivity contribution in [1.29, 1.82) is 0 Å². The third-order valence-electron chi connectivity index (χ3n) is 6.70. The molecule has 1 heterocycles. The van der Waals surface area contributed by atoms with E-state index in [0.29, 0.717) is 0 Å². The first-order valence-electron chi connectivity index (χ1n) is 12.5. The van der Waals surface area contributed by atoms with Gasteiger partial charge in [-0.2, -0.15) is 0 Å². The van der Waals surface area contributed by atoms with E-state index in [4.69, 9.17) is 0 Å². The number of rotatable bonds is 4. The third-order valence-corrected chi connectivity index (χ3v) is 11.1. The quantitative estimate of drug-likeness (QED) is 0.114. The molecule has 0 nitrogen and oxygen atoms in total. The topological polar surface area (TPSA) is 0 Å². The van der Waals surface area contributed by atoms with Crippen molar-refractivity contribution in [2.75, 3.05) is 0 Å². The van der Waals surface area contributed by atoms with Gasteiger partial charge in [-0.15, -0.1) is 0 Å². The summed E-state index contributed by atoms with van der Waals surface area (Å²) in [4.78, 5) is 0. The molecule has 0 radical (unpaired) electrons. The molecular weight excluding hydrogens is 559 g/mol. The van der Waals surface area contributed by atoms with Crippen LogP contribution in [-0.4, -0.2) is 7.25 Å². The SMILES string of the molecule is F[B-](F)(F)F.Fc1ccc([P+]2(c3ccc(F)cc3)C(c3ccccc3)=C(c3ccccc3)c3cc(F)ccc32)cc1. The highest BCUT2D eigenvalue weighted by Gasteiger charge is 2.57. The van der Waals surface area contributed by atoms with Crippen molar-refractivity contribution in [3.05, 3.63) is 162 Å². The van der Waals surface area contributed by atoms with Crippen LogP contribution >= 0.6 is 7.26 Å². The molecule has 5 aromatic carbocycles. The van der Waals surface area contributed by atoms with E-state index in [1.807, 2.05) is 78.9 Å². The molecule has 5 aromatic rings. The van der Waals surface area contributed by atoms with Crippen LogP contribution in [0.3, 0.4) is 0 Å². The van der Waals surface area contributed by atoms with Gasteiger partial charge in [-0.05, 0) is 72.3 Å². The van der Waals surface area contributed by atoms with E-state index in [9.17, 15) is 30.4 Å². The van der Waals surface area contributed by atoms with Gasteiger partial charge in [0.25, 0.3) is 0 Å². The highest BCUT2D eigenvalue weighted by molar-refractivity contribution is 8.04. The van der Waals surface area contributed by atoms with Crippen molar-refractivity contribution in [3.63, 3.8) is 0 Å². The van der Waals surface area contributed by atoms with E-state index in [1.54, 1.807) is 6.07 Å². The second-order valence-corrected chi connectivity index (χ2v) is 12.5. The van der Waals surface area contributed by atoms with Crippen molar-refractivity contribution >= 4 is 41.3 Å². The van der Waals surface area contributed by atoms with Crippen molar-refractivity contribution < 1.29 is 30.4 Å². The van der Waals surface area contributed by atoms with Crippen molar-refractivity contribution in [1.82, 2.24) is 0 Å². The first-order valence-corrected chi connectivity index (χ1v) is 14.3. The van der Waals surface area contributed by atoms with Crippen LogP contribution in [0, 0.1) is 17.5 Å². The summed E-state index contributed by atoms with van der Waals surface area (Å²) in [6.07, 6.45) is 0. The van der Waals surface area contributed by atoms with Gasteiger partial charge in [0.2, 0.25) is 0 Å². The highest BCUT2D eigenvalue weighted by atomic mass is 31.2. The first kappa shape index (κ1) is 28.4. The van der Waals surface area contributed by atoms with Gasteiger partial charge in [0, 0.05) is 16.7 Å². The average Bonchev–Trinajstić information content (AvgIpc) is 3.25. The summed E-state index contributed by atoms with van der Waals surface area (Å²) in [5.41, 5.74) is 3.71. The number of benzene rings is 5. The molecule has 6 rings (SSSR count). The summed E-state index contributed by atoms with van der Waals surface area (Å²) in [6.45, 7) is 0. The molecule has 0 saturated heterocycles. The Balaban J connectivity index is 0.000000623. The smallest absolute Gasteiger partial charge is 0.418 e. The third kappa shape index (κ3) is 5.70. The van der Waals surface area contributed by atoms with Crippen LogP contribution in [0.25, 0.3) is 10.9 Å². The minimum atomic E-state index is -6.00. The van der Waals surface area contributed by atoms with Crippen molar-refractivity contribution in [2.24, 2.45) is 0 Å². The van der Waals surface area contributed by atoms with Crippen molar-refractivity contribution in [2.45, 2.75) is 0 Å². The summed E-state index contributed by atoms with van der Waals surface area (Å²) >= 11 is 0. The molecule has 0 atom stereocenters. The second kappa shape index (κ2) is 11.4. The lowest BCUT2D eigenvalue weighted by Crippen LogP contribution is -2.30. The molecule has 0 aromatic heterocycles. The Morgan fingerprint density at radius 3 is 1.34 bits per heavy atom. The second-order valence-electron chi connectivity index (χ2n) is 9.24. The lowest BCUT2D eigenvalue weighted by Gasteiger charge is -2.27. The predicted molar refractivity (Wildman–Crippen MR) is 154 cm³/mol. The zero-order valence-corrected chi connectivity index (χ0v) is 22.2. The lowest BCUT2D eigenvalue weighted by atomic mass is 9.95. The molecular formula is C32H21BF7P. The molecule has 206 valence electrons. The molecule has 0 bridgehead atoms. The Morgan fingerprint density at radius 1 is 0.463 bits per heavy atom. The summed E-state index contributed by atoms with van der Waals surface area (Å²) < 4.78 is 82.2. The normalized spacial score (nSPS) is 13.8. The maximum atomic E-state index is 14.8. The Kier molecular flexibility index (Phi) is 7.88. The van der Waals surface area contributed by atoms with Crippen LogP contribution in [0.4, 0.5) is 30.4 Å². The number of fused-ring (bicyclic) bond motifs is 1. The molecule has 9 heteroatoms. The number of halogens is 7. The molecule has 41 heavy (non-hydrogen) atoms. The maximum absolute atomic E-state index is 14.8. The lowest BCUT2D eigenvalue weighted by molar-refractivity contribution is 0.368. The van der Waals surface area contributed by atoms with E-state index in [0.717, 1.165) is 43.5 Å².